The molecule has 0 saturated heterocycles. The van der Waals surface area contributed by atoms with Gasteiger partial charge < -0.3 is 15.2 Å². The summed E-state index contributed by atoms with van der Waals surface area (Å²) in [4.78, 5) is 0. The van der Waals surface area contributed by atoms with Gasteiger partial charge in [0, 0.05) is 18.2 Å². The van der Waals surface area contributed by atoms with Crippen LogP contribution in [0.15, 0.2) is 48.5 Å². The summed E-state index contributed by atoms with van der Waals surface area (Å²) in [6.07, 6.45) is 0. The Morgan fingerprint density at radius 1 is 1.15 bits per heavy atom. The van der Waals surface area contributed by atoms with E-state index >= 15 is 0 Å². The molecule has 3 heteroatoms. The zero-order valence-electron chi connectivity index (χ0n) is 12.0. The molecule has 0 aromatic heterocycles. The Labute approximate surface area is 120 Å². The van der Waals surface area contributed by atoms with E-state index in [9.17, 15) is 5.11 Å². The van der Waals surface area contributed by atoms with Crippen molar-refractivity contribution >= 4 is 0 Å². The van der Waals surface area contributed by atoms with E-state index in [1.807, 2.05) is 37.3 Å². The Bertz CT molecular complexity index is 554. The van der Waals surface area contributed by atoms with Crippen LogP contribution in [0, 0.1) is 0 Å². The van der Waals surface area contributed by atoms with Crippen LogP contribution in [0.3, 0.4) is 0 Å². The summed E-state index contributed by atoms with van der Waals surface area (Å²) in [7, 11) is 0. The maximum Gasteiger partial charge on any atom is 0.123 e. The van der Waals surface area contributed by atoms with Crippen molar-refractivity contribution in [2.24, 2.45) is 0 Å². The zero-order chi connectivity index (χ0) is 14.4. The molecular weight excluding hydrogens is 250 g/mol. The number of phenols is 1. The minimum absolute atomic E-state index is 0.164. The molecule has 2 aromatic carbocycles. The van der Waals surface area contributed by atoms with E-state index in [4.69, 9.17) is 4.74 Å². The fourth-order valence-electron chi connectivity index (χ4n) is 2.12. The molecule has 2 rings (SSSR count). The number of phenolic OH excluding ortho intramolecular Hbond substituents is 1. The van der Waals surface area contributed by atoms with Crippen molar-refractivity contribution in [3.63, 3.8) is 0 Å². The van der Waals surface area contributed by atoms with Crippen LogP contribution in [0.25, 0.3) is 0 Å². The van der Waals surface area contributed by atoms with Crippen molar-refractivity contribution in [3.8, 4) is 11.5 Å². The average molecular weight is 271 g/mol. The molecule has 2 N–H and O–H groups in total. The van der Waals surface area contributed by atoms with Crippen LogP contribution in [-0.2, 0) is 6.54 Å². The van der Waals surface area contributed by atoms with Crippen LogP contribution in [0.4, 0.5) is 0 Å². The van der Waals surface area contributed by atoms with Gasteiger partial charge >= 0.3 is 0 Å². The third kappa shape index (κ3) is 3.75. The summed E-state index contributed by atoms with van der Waals surface area (Å²) in [5.74, 6) is 1.22. The van der Waals surface area contributed by atoms with Crippen LogP contribution in [-0.4, -0.2) is 11.7 Å². The van der Waals surface area contributed by atoms with Crippen molar-refractivity contribution in [1.29, 1.82) is 0 Å². The Morgan fingerprint density at radius 3 is 2.70 bits per heavy atom. The Hall–Kier alpha value is -2.00. The van der Waals surface area contributed by atoms with Crippen LogP contribution >= 0.6 is 0 Å². The molecule has 0 fully saturated rings. The highest BCUT2D eigenvalue weighted by Gasteiger charge is 2.07. The molecule has 0 radical (unpaired) electrons. The standard InChI is InChI=1S/C17H21NO2/c1-3-20-17-10-5-4-7-15(17)12-18-13(2)14-8-6-9-16(19)11-14/h4-11,13,18-19H,3,12H2,1-2H3. The largest absolute Gasteiger partial charge is 0.508 e. The van der Waals surface area contributed by atoms with Crippen molar-refractivity contribution in [3.05, 3.63) is 59.7 Å². The monoisotopic (exact) mass is 271 g/mol. The average Bonchev–Trinajstić information content (AvgIpc) is 2.46. The molecule has 3 nitrogen and oxygen atoms in total. The second-order valence-electron chi connectivity index (χ2n) is 4.74. The minimum Gasteiger partial charge on any atom is -0.508 e. The SMILES string of the molecule is CCOc1ccccc1CNC(C)c1cccc(O)c1. The lowest BCUT2D eigenvalue weighted by Gasteiger charge is -2.16. The first kappa shape index (κ1) is 14.4. The van der Waals surface area contributed by atoms with E-state index in [2.05, 4.69) is 18.3 Å². The Morgan fingerprint density at radius 2 is 1.95 bits per heavy atom. The minimum atomic E-state index is 0.164. The number of nitrogens with one attached hydrogen (secondary N) is 1. The number of benzene rings is 2. The van der Waals surface area contributed by atoms with Crippen molar-refractivity contribution in [2.45, 2.75) is 26.4 Å². The second-order valence-corrected chi connectivity index (χ2v) is 4.74. The number of rotatable bonds is 6. The fraction of sp³-hybridized carbons (Fsp3) is 0.294. The molecule has 0 heterocycles. The lowest BCUT2D eigenvalue weighted by molar-refractivity contribution is 0.335. The molecule has 0 aliphatic rings. The first-order valence-corrected chi connectivity index (χ1v) is 6.93. The number of hydrogen-bond donors (Lipinski definition) is 2. The van der Waals surface area contributed by atoms with Gasteiger partial charge in [-0.05, 0) is 37.6 Å². The van der Waals surface area contributed by atoms with Crippen molar-refractivity contribution in [1.82, 2.24) is 5.32 Å². The number of aromatic hydroxyl groups is 1. The smallest absolute Gasteiger partial charge is 0.123 e. The predicted molar refractivity (Wildman–Crippen MR) is 81.0 cm³/mol. The van der Waals surface area contributed by atoms with Crippen LogP contribution in [0.2, 0.25) is 0 Å². The topological polar surface area (TPSA) is 41.5 Å². The Balaban J connectivity index is 2.01. The van der Waals surface area contributed by atoms with E-state index in [0.29, 0.717) is 12.4 Å². The van der Waals surface area contributed by atoms with Crippen molar-refractivity contribution < 1.29 is 9.84 Å². The van der Waals surface area contributed by atoms with E-state index in [1.165, 1.54) is 0 Å². The van der Waals surface area contributed by atoms with Gasteiger partial charge in [0.05, 0.1) is 6.61 Å². The summed E-state index contributed by atoms with van der Waals surface area (Å²) in [5, 5.41) is 13.0. The maximum atomic E-state index is 9.51. The highest BCUT2D eigenvalue weighted by molar-refractivity contribution is 5.34. The first-order valence-electron chi connectivity index (χ1n) is 6.93. The van der Waals surface area contributed by atoms with E-state index in [1.54, 1.807) is 12.1 Å². The molecule has 0 aliphatic heterocycles. The van der Waals surface area contributed by atoms with Gasteiger partial charge in [0.15, 0.2) is 0 Å². The third-order valence-corrected chi connectivity index (χ3v) is 3.24. The highest BCUT2D eigenvalue weighted by atomic mass is 16.5. The molecule has 2 aromatic rings. The molecule has 0 spiro atoms. The first-order chi connectivity index (χ1) is 9.70. The number of ether oxygens (including phenoxy) is 1. The summed E-state index contributed by atoms with van der Waals surface area (Å²) in [6, 6.07) is 15.5. The predicted octanol–water partition coefficient (Wildman–Crippen LogP) is 3.64. The van der Waals surface area contributed by atoms with Crippen LogP contribution in [0.1, 0.15) is 31.0 Å². The van der Waals surface area contributed by atoms with Gasteiger partial charge in [-0.3, -0.25) is 0 Å². The zero-order valence-corrected chi connectivity index (χ0v) is 12.0. The van der Waals surface area contributed by atoms with Crippen molar-refractivity contribution in [2.75, 3.05) is 6.61 Å². The summed E-state index contributed by atoms with van der Waals surface area (Å²) < 4.78 is 5.61. The van der Waals surface area contributed by atoms with Gasteiger partial charge in [-0.1, -0.05) is 30.3 Å². The second kappa shape index (κ2) is 6.96. The van der Waals surface area contributed by atoms with E-state index in [-0.39, 0.29) is 6.04 Å². The number of para-hydroxylation sites is 1. The summed E-state index contributed by atoms with van der Waals surface area (Å²) >= 11 is 0. The maximum absolute atomic E-state index is 9.51. The van der Waals surface area contributed by atoms with Gasteiger partial charge in [0.1, 0.15) is 11.5 Å². The van der Waals surface area contributed by atoms with Gasteiger partial charge in [0.2, 0.25) is 0 Å². The van der Waals surface area contributed by atoms with Gasteiger partial charge in [-0.2, -0.15) is 0 Å². The summed E-state index contributed by atoms with van der Waals surface area (Å²) in [5.41, 5.74) is 2.21. The Kier molecular flexibility index (Phi) is 5.02. The van der Waals surface area contributed by atoms with Gasteiger partial charge in [-0.15, -0.1) is 0 Å². The molecule has 0 bridgehead atoms. The normalized spacial score (nSPS) is 12.1. The van der Waals surface area contributed by atoms with Gasteiger partial charge in [-0.25, -0.2) is 0 Å². The van der Waals surface area contributed by atoms with E-state index in [0.717, 1.165) is 23.4 Å². The molecule has 0 aliphatic carbocycles. The molecule has 1 unspecified atom stereocenters. The lowest BCUT2D eigenvalue weighted by Crippen LogP contribution is -2.18. The molecular formula is C17H21NO2. The molecule has 0 amide bonds. The lowest BCUT2D eigenvalue weighted by atomic mass is 10.1. The third-order valence-electron chi connectivity index (χ3n) is 3.24. The van der Waals surface area contributed by atoms with Crippen LogP contribution < -0.4 is 10.1 Å². The fourth-order valence-corrected chi connectivity index (χ4v) is 2.12. The molecule has 20 heavy (non-hydrogen) atoms. The molecule has 1 atom stereocenters. The summed E-state index contributed by atoms with van der Waals surface area (Å²) in [6.45, 7) is 5.46. The van der Waals surface area contributed by atoms with E-state index < -0.39 is 0 Å². The molecule has 0 saturated carbocycles. The number of hydrogen-bond acceptors (Lipinski definition) is 3. The highest BCUT2D eigenvalue weighted by Crippen LogP contribution is 2.21. The molecule has 106 valence electrons. The quantitative estimate of drug-likeness (QED) is 0.842. The van der Waals surface area contributed by atoms with Gasteiger partial charge in [0.25, 0.3) is 0 Å². The van der Waals surface area contributed by atoms with Crippen LogP contribution in [0.5, 0.6) is 11.5 Å².